The smallest absolute Gasteiger partial charge is 0.407 e. The molecule has 4 heteroatoms. The molecule has 0 aliphatic heterocycles. The number of hydrogen-bond donors (Lipinski definition) is 2. The van der Waals surface area contributed by atoms with Crippen LogP contribution in [0, 0.1) is 0 Å². The minimum Gasteiger partial charge on any atom is -0.443 e. The topological polar surface area (TPSA) is 58.6 Å². The second kappa shape index (κ2) is 6.40. The monoisotopic (exact) mass is 251 g/mol. The SMILES string of the molecule is CC(C)(C)NC(=O)OC(CO)Cc1ccccc1. The van der Waals surface area contributed by atoms with Crippen LogP contribution in [-0.4, -0.2) is 29.4 Å². The summed E-state index contributed by atoms with van der Waals surface area (Å²) in [5.41, 5.74) is 0.684. The Kier molecular flexibility index (Phi) is 5.16. The van der Waals surface area contributed by atoms with Gasteiger partial charge in [-0.2, -0.15) is 0 Å². The van der Waals surface area contributed by atoms with Crippen LogP contribution in [0.4, 0.5) is 4.79 Å². The highest BCUT2D eigenvalue weighted by Crippen LogP contribution is 2.07. The van der Waals surface area contributed by atoms with E-state index in [4.69, 9.17) is 4.74 Å². The van der Waals surface area contributed by atoms with Gasteiger partial charge in [-0.15, -0.1) is 0 Å². The zero-order valence-corrected chi connectivity index (χ0v) is 11.1. The molecule has 1 atom stereocenters. The van der Waals surface area contributed by atoms with Crippen molar-refractivity contribution < 1.29 is 14.6 Å². The van der Waals surface area contributed by atoms with E-state index in [0.29, 0.717) is 6.42 Å². The first-order valence-corrected chi connectivity index (χ1v) is 6.04. The van der Waals surface area contributed by atoms with Crippen molar-refractivity contribution in [1.29, 1.82) is 0 Å². The number of alkyl carbamates (subject to hydrolysis) is 1. The second-order valence-corrected chi connectivity index (χ2v) is 5.27. The van der Waals surface area contributed by atoms with E-state index in [1.807, 2.05) is 51.1 Å². The molecule has 0 aliphatic rings. The second-order valence-electron chi connectivity index (χ2n) is 5.27. The fraction of sp³-hybridized carbons (Fsp3) is 0.500. The predicted octanol–water partition coefficient (Wildman–Crippen LogP) is 2.11. The highest BCUT2D eigenvalue weighted by molar-refractivity contribution is 5.68. The molecule has 1 rings (SSSR count). The third-order valence-electron chi connectivity index (χ3n) is 2.26. The van der Waals surface area contributed by atoms with Crippen molar-refractivity contribution in [2.45, 2.75) is 38.8 Å². The number of hydrogen-bond acceptors (Lipinski definition) is 3. The van der Waals surface area contributed by atoms with Crippen LogP contribution in [0.25, 0.3) is 0 Å². The van der Waals surface area contributed by atoms with Crippen LogP contribution in [0.15, 0.2) is 30.3 Å². The van der Waals surface area contributed by atoms with Gasteiger partial charge >= 0.3 is 6.09 Å². The Morgan fingerprint density at radius 1 is 1.33 bits per heavy atom. The van der Waals surface area contributed by atoms with Crippen LogP contribution < -0.4 is 5.32 Å². The minimum absolute atomic E-state index is 0.188. The van der Waals surface area contributed by atoms with E-state index in [1.54, 1.807) is 0 Å². The molecule has 1 amide bonds. The normalized spacial score (nSPS) is 12.9. The van der Waals surface area contributed by atoms with Crippen molar-refractivity contribution >= 4 is 6.09 Å². The molecular formula is C14H21NO3. The first-order chi connectivity index (χ1) is 8.40. The first kappa shape index (κ1) is 14.5. The molecular weight excluding hydrogens is 230 g/mol. The molecule has 4 nitrogen and oxygen atoms in total. The quantitative estimate of drug-likeness (QED) is 0.861. The number of aliphatic hydroxyl groups excluding tert-OH is 1. The number of amides is 1. The van der Waals surface area contributed by atoms with Gasteiger partial charge < -0.3 is 15.2 Å². The Morgan fingerprint density at radius 3 is 2.44 bits per heavy atom. The Labute approximate surface area is 108 Å². The van der Waals surface area contributed by atoms with Crippen molar-refractivity contribution in [3.8, 4) is 0 Å². The molecule has 100 valence electrons. The summed E-state index contributed by atoms with van der Waals surface area (Å²) in [6.07, 6.45) is -0.512. The van der Waals surface area contributed by atoms with Gasteiger partial charge in [-0.1, -0.05) is 30.3 Å². The number of aliphatic hydroxyl groups is 1. The lowest BCUT2D eigenvalue weighted by atomic mass is 10.1. The Hall–Kier alpha value is -1.55. The summed E-state index contributed by atoms with van der Waals surface area (Å²) < 4.78 is 5.18. The lowest BCUT2D eigenvalue weighted by Crippen LogP contribution is -2.43. The first-order valence-electron chi connectivity index (χ1n) is 6.04. The Morgan fingerprint density at radius 2 is 1.94 bits per heavy atom. The van der Waals surface area contributed by atoms with Gasteiger partial charge in [-0.25, -0.2) is 4.79 Å². The molecule has 0 spiro atoms. The van der Waals surface area contributed by atoms with Gasteiger partial charge in [0.25, 0.3) is 0 Å². The summed E-state index contributed by atoms with van der Waals surface area (Å²) >= 11 is 0. The molecule has 0 saturated carbocycles. The zero-order chi connectivity index (χ0) is 13.6. The largest absolute Gasteiger partial charge is 0.443 e. The molecule has 18 heavy (non-hydrogen) atoms. The summed E-state index contributed by atoms with van der Waals surface area (Å²) in [5.74, 6) is 0. The van der Waals surface area contributed by atoms with Crippen molar-refractivity contribution in [3.05, 3.63) is 35.9 Å². The van der Waals surface area contributed by atoms with Crippen LogP contribution in [0.3, 0.4) is 0 Å². The van der Waals surface area contributed by atoms with E-state index in [-0.39, 0.29) is 12.1 Å². The van der Waals surface area contributed by atoms with Crippen LogP contribution in [0.2, 0.25) is 0 Å². The fourth-order valence-electron chi connectivity index (χ4n) is 1.51. The molecule has 0 aliphatic carbocycles. The number of benzene rings is 1. The molecule has 0 saturated heterocycles. The van der Waals surface area contributed by atoms with Crippen molar-refractivity contribution in [3.63, 3.8) is 0 Å². The Bertz CT molecular complexity index is 370. The molecule has 1 unspecified atom stereocenters. The van der Waals surface area contributed by atoms with Gasteiger partial charge in [0.05, 0.1) is 6.61 Å². The van der Waals surface area contributed by atoms with Crippen LogP contribution in [0.1, 0.15) is 26.3 Å². The number of carbonyl (C=O) groups excluding carboxylic acids is 1. The van der Waals surface area contributed by atoms with Gasteiger partial charge in [0.2, 0.25) is 0 Å². The molecule has 0 aromatic heterocycles. The molecule has 1 aromatic rings. The maximum Gasteiger partial charge on any atom is 0.407 e. The summed E-state index contributed by atoms with van der Waals surface area (Å²) in [4.78, 5) is 11.6. The lowest BCUT2D eigenvalue weighted by Gasteiger charge is -2.22. The highest BCUT2D eigenvalue weighted by atomic mass is 16.6. The van der Waals surface area contributed by atoms with E-state index in [2.05, 4.69) is 5.32 Å². The van der Waals surface area contributed by atoms with Crippen LogP contribution >= 0.6 is 0 Å². The summed E-state index contributed by atoms with van der Waals surface area (Å²) in [6, 6.07) is 9.63. The fourth-order valence-corrected chi connectivity index (χ4v) is 1.51. The molecule has 0 bridgehead atoms. The van der Waals surface area contributed by atoms with E-state index >= 15 is 0 Å². The molecule has 1 aromatic carbocycles. The molecule has 0 heterocycles. The average molecular weight is 251 g/mol. The average Bonchev–Trinajstić information content (AvgIpc) is 2.27. The van der Waals surface area contributed by atoms with Gasteiger partial charge in [0.1, 0.15) is 6.10 Å². The van der Waals surface area contributed by atoms with E-state index in [9.17, 15) is 9.90 Å². The summed E-state index contributed by atoms with van der Waals surface area (Å²) in [7, 11) is 0. The molecule has 2 N–H and O–H groups in total. The van der Waals surface area contributed by atoms with Crippen molar-refractivity contribution in [1.82, 2.24) is 5.32 Å². The standard InChI is InChI=1S/C14H21NO3/c1-14(2,3)15-13(17)18-12(10-16)9-11-7-5-4-6-8-11/h4-8,12,16H,9-10H2,1-3H3,(H,15,17). The number of ether oxygens (including phenoxy) is 1. The Balaban J connectivity index is 2.50. The van der Waals surface area contributed by atoms with Gasteiger partial charge in [-0.3, -0.25) is 0 Å². The van der Waals surface area contributed by atoms with Crippen molar-refractivity contribution in [2.75, 3.05) is 6.61 Å². The van der Waals surface area contributed by atoms with E-state index in [1.165, 1.54) is 0 Å². The number of rotatable bonds is 4. The maximum atomic E-state index is 11.6. The number of nitrogens with one attached hydrogen (secondary N) is 1. The van der Waals surface area contributed by atoms with Crippen LogP contribution in [0.5, 0.6) is 0 Å². The predicted molar refractivity (Wildman–Crippen MR) is 70.4 cm³/mol. The minimum atomic E-state index is -0.519. The third kappa shape index (κ3) is 5.68. The summed E-state index contributed by atoms with van der Waals surface area (Å²) in [6.45, 7) is 5.44. The maximum absolute atomic E-state index is 11.6. The molecule has 0 fully saturated rings. The van der Waals surface area contributed by atoms with Gasteiger partial charge in [0.15, 0.2) is 0 Å². The van der Waals surface area contributed by atoms with Gasteiger partial charge in [-0.05, 0) is 26.3 Å². The van der Waals surface area contributed by atoms with Gasteiger partial charge in [0, 0.05) is 12.0 Å². The van der Waals surface area contributed by atoms with Crippen LogP contribution in [-0.2, 0) is 11.2 Å². The summed E-state index contributed by atoms with van der Waals surface area (Å²) in [5, 5.41) is 11.9. The lowest BCUT2D eigenvalue weighted by molar-refractivity contribution is 0.0538. The van der Waals surface area contributed by atoms with E-state index in [0.717, 1.165) is 5.56 Å². The molecule has 0 radical (unpaired) electrons. The van der Waals surface area contributed by atoms with Crippen molar-refractivity contribution in [2.24, 2.45) is 0 Å². The zero-order valence-electron chi connectivity index (χ0n) is 11.1. The number of carbonyl (C=O) groups is 1. The highest BCUT2D eigenvalue weighted by Gasteiger charge is 2.18. The van der Waals surface area contributed by atoms with E-state index < -0.39 is 12.2 Å². The third-order valence-corrected chi connectivity index (χ3v) is 2.26.